The molecule has 0 saturated carbocycles. The maximum atomic E-state index is 12.6. The van der Waals surface area contributed by atoms with E-state index in [4.69, 9.17) is 27.9 Å². The number of hydrogen-bond acceptors (Lipinski definition) is 7. The predicted molar refractivity (Wildman–Crippen MR) is 120 cm³/mol. The van der Waals surface area contributed by atoms with E-state index in [-0.39, 0.29) is 23.2 Å². The average Bonchev–Trinajstić information content (AvgIpc) is 3.14. The second-order valence-electron chi connectivity index (χ2n) is 7.34. The summed E-state index contributed by atoms with van der Waals surface area (Å²) in [7, 11) is -2.92. The van der Waals surface area contributed by atoms with Gasteiger partial charge >= 0.3 is 0 Å². The number of aromatic nitrogens is 4. The van der Waals surface area contributed by atoms with E-state index < -0.39 is 9.84 Å². The number of nitrogens with one attached hydrogen (secondary N) is 2. The topological polar surface area (TPSA) is 119 Å². The zero-order valence-corrected chi connectivity index (χ0v) is 18.8. The lowest BCUT2D eigenvalue weighted by molar-refractivity contribution is 0.0409. The van der Waals surface area contributed by atoms with E-state index in [0.717, 1.165) is 5.56 Å². The molecule has 2 aromatic heterocycles. The van der Waals surface area contributed by atoms with Crippen molar-refractivity contribution >= 4 is 50.0 Å². The maximum Gasteiger partial charge on any atom is 0.278 e. The zero-order chi connectivity index (χ0) is 22.0. The first-order valence-electron chi connectivity index (χ1n) is 9.76. The predicted octanol–water partition coefficient (Wildman–Crippen LogP) is 2.63. The van der Waals surface area contributed by atoms with E-state index in [1.54, 1.807) is 16.8 Å². The number of anilines is 1. The lowest BCUT2D eigenvalue weighted by Crippen LogP contribution is -2.29. The van der Waals surface area contributed by atoms with Gasteiger partial charge in [-0.15, -0.1) is 0 Å². The van der Waals surface area contributed by atoms with Crippen LogP contribution in [0.25, 0.3) is 11.0 Å². The Morgan fingerprint density at radius 2 is 2.00 bits per heavy atom. The Labute approximate surface area is 188 Å². The first-order chi connectivity index (χ1) is 14.8. The average molecular weight is 486 g/mol. The second-order valence-corrected chi connectivity index (χ2v) is 10.5. The molecule has 4 rings (SSSR count). The molecule has 1 saturated heterocycles. The highest BCUT2D eigenvalue weighted by Crippen LogP contribution is 2.23. The third-order valence-corrected chi connectivity index (χ3v) is 7.56. The minimum atomic E-state index is -2.92. The van der Waals surface area contributed by atoms with Crippen LogP contribution < -0.4 is 10.9 Å². The molecule has 3 heterocycles. The molecule has 1 aliphatic heterocycles. The van der Waals surface area contributed by atoms with Gasteiger partial charge in [0.1, 0.15) is 5.52 Å². The van der Waals surface area contributed by atoms with E-state index in [1.165, 1.54) is 6.20 Å². The molecular formula is C19H21Cl2N5O4S. The Morgan fingerprint density at radius 1 is 1.23 bits per heavy atom. The van der Waals surface area contributed by atoms with Crippen molar-refractivity contribution in [1.82, 2.24) is 19.7 Å². The van der Waals surface area contributed by atoms with Crippen molar-refractivity contribution in [3.05, 3.63) is 50.4 Å². The fourth-order valence-corrected chi connectivity index (χ4v) is 5.20. The maximum absolute atomic E-state index is 12.6. The van der Waals surface area contributed by atoms with Gasteiger partial charge in [-0.2, -0.15) is 5.10 Å². The van der Waals surface area contributed by atoms with Gasteiger partial charge in [-0.25, -0.2) is 13.4 Å². The van der Waals surface area contributed by atoms with Crippen molar-refractivity contribution in [2.75, 3.05) is 23.4 Å². The molecule has 0 amide bonds. The number of halogens is 2. The summed E-state index contributed by atoms with van der Waals surface area (Å²) in [4.78, 5) is 19.7. The minimum absolute atomic E-state index is 0.0843. The Hall–Kier alpha value is -2.14. The monoisotopic (exact) mass is 485 g/mol. The highest BCUT2D eigenvalue weighted by atomic mass is 35.5. The van der Waals surface area contributed by atoms with Gasteiger partial charge in [-0.05, 0) is 30.5 Å². The van der Waals surface area contributed by atoms with E-state index in [1.807, 2.05) is 6.07 Å². The molecule has 1 aromatic carbocycles. The molecule has 0 radical (unpaired) electrons. The quantitative estimate of drug-likeness (QED) is 0.527. The highest BCUT2D eigenvalue weighted by Gasteiger charge is 2.24. The fraction of sp³-hybridized carbons (Fsp3) is 0.421. The van der Waals surface area contributed by atoms with Crippen LogP contribution in [0.2, 0.25) is 10.0 Å². The molecule has 166 valence electrons. The summed E-state index contributed by atoms with van der Waals surface area (Å²) in [6.07, 6.45) is 2.44. The van der Waals surface area contributed by atoms with Crippen molar-refractivity contribution < 1.29 is 13.2 Å². The van der Waals surface area contributed by atoms with Crippen molar-refractivity contribution in [1.29, 1.82) is 0 Å². The molecule has 0 atom stereocenters. The summed E-state index contributed by atoms with van der Waals surface area (Å²) < 4.78 is 30.3. The Kier molecular flexibility index (Phi) is 6.52. The van der Waals surface area contributed by atoms with Gasteiger partial charge in [0.15, 0.2) is 15.4 Å². The number of nitrogens with zero attached hydrogens (tertiary/aromatic N) is 3. The molecule has 0 aliphatic carbocycles. The normalized spacial score (nSPS) is 16.6. The lowest BCUT2D eigenvalue weighted by Gasteiger charge is -2.22. The number of benzene rings is 1. The van der Waals surface area contributed by atoms with Gasteiger partial charge in [0.05, 0.1) is 47.0 Å². The Balaban J connectivity index is 1.38. The number of fused-ring (bicyclic) bond motifs is 1. The van der Waals surface area contributed by atoms with Crippen molar-refractivity contribution in [2.24, 2.45) is 0 Å². The van der Waals surface area contributed by atoms with Gasteiger partial charge < -0.3 is 10.1 Å². The number of rotatable bonds is 7. The smallest absolute Gasteiger partial charge is 0.278 e. The number of aromatic amines is 1. The van der Waals surface area contributed by atoms with Crippen LogP contribution in [0.5, 0.6) is 0 Å². The van der Waals surface area contributed by atoms with E-state index >= 15 is 0 Å². The summed E-state index contributed by atoms with van der Waals surface area (Å²) in [6, 6.07) is 5.28. The summed E-state index contributed by atoms with van der Waals surface area (Å²) >= 11 is 11.9. The van der Waals surface area contributed by atoms with Crippen LogP contribution in [-0.2, 0) is 27.7 Å². The van der Waals surface area contributed by atoms with Gasteiger partial charge in [-0.3, -0.25) is 14.5 Å². The third-order valence-electron chi connectivity index (χ3n) is 5.10. The van der Waals surface area contributed by atoms with Gasteiger partial charge in [-0.1, -0.05) is 29.3 Å². The van der Waals surface area contributed by atoms with Crippen LogP contribution in [0.1, 0.15) is 18.4 Å². The third kappa shape index (κ3) is 5.38. The molecule has 3 aromatic rings. The highest BCUT2D eigenvalue weighted by molar-refractivity contribution is 7.91. The van der Waals surface area contributed by atoms with E-state index in [2.05, 4.69) is 20.4 Å². The van der Waals surface area contributed by atoms with Gasteiger partial charge in [0.2, 0.25) is 5.95 Å². The zero-order valence-electron chi connectivity index (χ0n) is 16.5. The summed E-state index contributed by atoms with van der Waals surface area (Å²) in [5.74, 6) is 0.635. The van der Waals surface area contributed by atoms with Crippen molar-refractivity contribution in [3.8, 4) is 0 Å². The molecule has 0 unspecified atom stereocenters. The lowest BCUT2D eigenvalue weighted by atomic mass is 10.2. The molecular weight excluding hydrogens is 465 g/mol. The second kappa shape index (κ2) is 9.15. The van der Waals surface area contributed by atoms with Crippen molar-refractivity contribution in [2.45, 2.75) is 32.0 Å². The number of hydrogen-bond donors (Lipinski definition) is 2. The molecule has 31 heavy (non-hydrogen) atoms. The first kappa shape index (κ1) is 22.1. The van der Waals surface area contributed by atoms with Crippen LogP contribution in [0, 0.1) is 0 Å². The molecule has 0 spiro atoms. The summed E-state index contributed by atoms with van der Waals surface area (Å²) in [5.41, 5.74) is 1.39. The molecule has 12 heteroatoms. The number of ether oxygens (including phenoxy) is 1. The number of sulfone groups is 1. The first-order valence-corrected chi connectivity index (χ1v) is 12.3. The molecule has 2 N–H and O–H groups in total. The largest absolute Gasteiger partial charge is 0.376 e. The Bertz CT molecular complexity index is 1240. The molecule has 1 fully saturated rings. The Morgan fingerprint density at radius 3 is 2.74 bits per heavy atom. The molecule has 9 nitrogen and oxygen atoms in total. The summed E-state index contributed by atoms with van der Waals surface area (Å²) in [5, 5.41) is 8.23. The van der Waals surface area contributed by atoms with E-state index in [0.29, 0.717) is 59.6 Å². The standard InChI is InChI=1S/C19H21Cl2N5O4S/c20-14-2-1-12(9-15(14)21)10-22-19-24-16-11-23-26(17(16)18(27)25-19)5-6-30-13-3-7-31(28,29)8-4-13/h1-2,9,11,13H,3-8,10H2,(H2,22,24,25,27). The number of H-pyrrole nitrogens is 1. The fourth-order valence-electron chi connectivity index (χ4n) is 3.44. The summed E-state index contributed by atoms with van der Waals surface area (Å²) in [6.45, 7) is 1.11. The van der Waals surface area contributed by atoms with Crippen LogP contribution in [-0.4, -0.2) is 52.4 Å². The molecule has 1 aliphatic rings. The van der Waals surface area contributed by atoms with E-state index in [9.17, 15) is 13.2 Å². The molecule has 0 bridgehead atoms. The SMILES string of the molecule is O=c1[nH]c(NCc2ccc(Cl)c(Cl)c2)nc2cnn(CCOC3CCS(=O)(=O)CC3)c12. The van der Waals surface area contributed by atoms with Crippen molar-refractivity contribution in [3.63, 3.8) is 0 Å². The van der Waals surface area contributed by atoms with Gasteiger partial charge in [0, 0.05) is 6.54 Å². The van der Waals surface area contributed by atoms with Gasteiger partial charge in [0.25, 0.3) is 5.56 Å². The van der Waals surface area contributed by atoms with Crippen LogP contribution in [0.3, 0.4) is 0 Å². The van der Waals surface area contributed by atoms with Crippen LogP contribution in [0.15, 0.2) is 29.2 Å². The van der Waals surface area contributed by atoms with Crippen LogP contribution in [0.4, 0.5) is 5.95 Å². The minimum Gasteiger partial charge on any atom is -0.376 e. The van der Waals surface area contributed by atoms with Crippen LogP contribution >= 0.6 is 23.2 Å².